The van der Waals surface area contributed by atoms with Crippen molar-refractivity contribution in [3.63, 3.8) is 0 Å². The van der Waals surface area contributed by atoms with Crippen molar-refractivity contribution in [2.24, 2.45) is 34.0 Å². The van der Waals surface area contributed by atoms with Crippen molar-refractivity contribution in [2.45, 2.75) is 76.9 Å². The van der Waals surface area contributed by atoms with Crippen LogP contribution in [0.3, 0.4) is 0 Å². The van der Waals surface area contributed by atoms with E-state index in [4.69, 9.17) is 4.74 Å². The molecule has 1 aromatic carbocycles. The topological polar surface area (TPSA) is 63.6 Å². The van der Waals surface area contributed by atoms with Gasteiger partial charge in [-0.2, -0.15) is 0 Å². The van der Waals surface area contributed by atoms with Crippen molar-refractivity contribution in [2.75, 3.05) is 5.75 Å². The van der Waals surface area contributed by atoms with Gasteiger partial charge in [-0.15, -0.1) is 18.3 Å². The fourth-order valence-electron chi connectivity index (χ4n) is 7.35. The SMILES string of the molecule is C=C[C@]1(C)C[C@@H](OC(=O)CSc2ccccc2)[C@]2(C)C(C)CCC3(CCC(=O)C32)[C@@H](C)[C@@H]1O. The molecular formula is C28H38O4S. The molecule has 3 fully saturated rings. The second-order valence-corrected chi connectivity index (χ2v) is 12.2. The van der Waals surface area contributed by atoms with Gasteiger partial charge < -0.3 is 9.84 Å². The van der Waals surface area contributed by atoms with Crippen LogP contribution in [0.15, 0.2) is 47.9 Å². The van der Waals surface area contributed by atoms with Gasteiger partial charge in [0, 0.05) is 28.1 Å². The van der Waals surface area contributed by atoms with Gasteiger partial charge in [-0.05, 0) is 55.1 Å². The van der Waals surface area contributed by atoms with Gasteiger partial charge in [-0.1, -0.05) is 52.0 Å². The fourth-order valence-corrected chi connectivity index (χ4v) is 8.06. The number of ketones is 1. The van der Waals surface area contributed by atoms with E-state index in [1.165, 1.54) is 11.8 Å². The molecule has 0 radical (unpaired) electrons. The molecule has 3 aliphatic rings. The Hall–Kier alpha value is -1.59. The molecule has 3 unspecified atom stereocenters. The van der Waals surface area contributed by atoms with E-state index >= 15 is 0 Å². The second-order valence-electron chi connectivity index (χ2n) is 11.2. The van der Waals surface area contributed by atoms with Crippen LogP contribution in [0.25, 0.3) is 0 Å². The highest BCUT2D eigenvalue weighted by Gasteiger charge is 2.68. The molecule has 1 aromatic rings. The van der Waals surface area contributed by atoms with Crippen molar-refractivity contribution >= 4 is 23.5 Å². The first-order valence-corrected chi connectivity index (χ1v) is 13.3. The smallest absolute Gasteiger partial charge is 0.316 e. The molecule has 0 saturated heterocycles. The standard InChI is InChI=1S/C28H38O4S/c1-6-26(4)16-22(32-23(30)17-33-20-10-8-7-9-11-20)27(5)18(2)12-14-28(19(3)25(26)31)15-13-21(29)24(27)28/h6-11,18-19,22,24-25,31H,1,12-17H2,2-5H3/t18?,19-,22+,24?,25-,26+,27-,28?/m0/s1. The van der Waals surface area contributed by atoms with Crippen LogP contribution in [-0.4, -0.2) is 34.8 Å². The van der Waals surface area contributed by atoms with E-state index in [1.54, 1.807) is 0 Å². The molecule has 8 atom stereocenters. The molecule has 0 heterocycles. The van der Waals surface area contributed by atoms with Gasteiger partial charge in [0.1, 0.15) is 11.9 Å². The molecule has 33 heavy (non-hydrogen) atoms. The fraction of sp³-hybridized carbons (Fsp3) is 0.643. The number of ether oxygens (including phenoxy) is 1. The number of aliphatic hydroxyl groups is 1. The van der Waals surface area contributed by atoms with E-state index in [2.05, 4.69) is 27.4 Å². The third kappa shape index (κ3) is 3.89. The molecular weight excluding hydrogens is 432 g/mol. The zero-order valence-corrected chi connectivity index (χ0v) is 21.2. The molecule has 0 aromatic heterocycles. The third-order valence-corrected chi connectivity index (χ3v) is 10.7. The van der Waals surface area contributed by atoms with Crippen molar-refractivity contribution in [1.82, 2.24) is 0 Å². The minimum atomic E-state index is -0.638. The maximum Gasteiger partial charge on any atom is 0.316 e. The van der Waals surface area contributed by atoms with Crippen molar-refractivity contribution < 1.29 is 19.4 Å². The Labute approximate surface area is 202 Å². The predicted octanol–water partition coefficient (Wildman–Crippen LogP) is 5.69. The number of Topliss-reactive ketones (excluding diaryl/α,β-unsaturated/α-hetero) is 1. The highest BCUT2D eigenvalue weighted by atomic mass is 32.2. The molecule has 0 spiro atoms. The number of carbonyl (C=O) groups is 2. The molecule has 0 amide bonds. The highest BCUT2D eigenvalue weighted by Crippen LogP contribution is 2.68. The van der Waals surface area contributed by atoms with Gasteiger partial charge in [-0.25, -0.2) is 0 Å². The largest absolute Gasteiger partial charge is 0.461 e. The summed E-state index contributed by atoms with van der Waals surface area (Å²) >= 11 is 1.46. The Morgan fingerprint density at radius 2 is 1.94 bits per heavy atom. The van der Waals surface area contributed by atoms with Crippen molar-refractivity contribution in [3.8, 4) is 0 Å². The number of thioether (sulfide) groups is 1. The minimum absolute atomic E-state index is 0.0194. The number of aliphatic hydroxyl groups excluding tert-OH is 1. The maximum atomic E-state index is 13.4. The summed E-state index contributed by atoms with van der Waals surface area (Å²) in [6, 6.07) is 9.83. The van der Waals surface area contributed by atoms with Gasteiger partial charge in [0.15, 0.2) is 0 Å². The Kier molecular flexibility index (Phi) is 6.60. The molecule has 2 bridgehead atoms. The summed E-state index contributed by atoms with van der Waals surface area (Å²) in [6.07, 6.45) is 4.52. The van der Waals surface area contributed by atoms with Crippen LogP contribution >= 0.6 is 11.8 Å². The summed E-state index contributed by atoms with van der Waals surface area (Å²) < 4.78 is 6.27. The number of carbonyl (C=O) groups excluding carboxylic acids is 2. The van der Waals surface area contributed by atoms with Crippen LogP contribution in [-0.2, 0) is 14.3 Å². The van der Waals surface area contributed by atoms with Crippen LogP contribution < -0.4 is 0 Å². The van der Waals surface area contributed by atoms with Crippen LogP contribution in [0.4, 0.5) is 0 Å². The minimum Gasteiger partial charge on any atom is -0.461 e. The Bertz CT molecular complexity index is 916. The van der Waals surface area contributed by atoms with Gasteiger partial charge in [0.05, 0.1) is 11.9 Å². The van der Waals surface area contributed by atoms with Crippen LogP contribution in [0.2, 0.25) is 0 Å². The summed E-state index contributed by atoms with van der Waals surface area (Å²) in [4.78, 5) is 27.5. The van der Waals surface area contributed by atoms with Gasteiger partial charge in [0.25, 0.3) is 0 Å². The quantitative estimate of drug-likeness (QED) is 0.340. The van der Waals surface area contributed by atoms with Crippen LogP contribution in [0, 0.1) is 34.0 Å². The first kappa shape index (κ1) is 24.5. The van der Waals surface area contributed by atoms with E-state index in [1.807, 2.05) is 43.3 Å². The third-order valence-electron chi connectivity index (χ3n) is 9.68. The predicted molar refractivity (Wildman–Crippen MR) is 132 cm³/mol. The average molecular weight is 471 g/mol. The zero-order chi connectivity index (χ0) is 24.0. The van der Waals surface area contributed by atoms with E-state index in [9.17, 15) is 14.7 Å². The van der Waals surface area contributed by atoms with E-state index in [0.717, 1.165) is 24.2 Å². The normalized spacial score (nSPS) is 42.7. The summed E-state index contributed by atoms with van der Waals surface area (Å²) in [5.41, 5.74) is -1.30. The molecule has 4 rings (SSSR count). The monoisotopic (exact) mass is 470 g/mol. The maximum absolute atomic E-state index is 13.4. The number of rotatable bonds is 5. The first-order valence-electron chi connectivity index (χ1n) is 12.3. The molecule has 5 heteroatoms. The van der Waals surface area contributed by atoms with E-state index in [0.29, 0.717) is 12.8 Å². The van der Waals surface area contributed by atoms with Crippen LogP contribution in [0.1, 0.15) is 59.8 Å². The lowest BCUT2D eigenvalue weighted by molar-refractivity contribution is -0.205. The van der Waals surface area contributed by atoms with Gasteiger partial charge in [0.2, 0.25) is 0 Å². The lowest BCUT2D eigenvalue weighted by Crippen LogP contribution is -2.63. The summed E-state index contributed by atoms with van der Waals surface area (Å²) in [7, 11) is 0. The Morgan fingerprint density at radius 1 is 1.24 bits per heavy atom. The number of benzene rings is 1. The van der Waals surface area contributed by atoms with E-state index in [-0.39, 0.29) is 40.7 Å². The van der Waals surface area contributed by atoms with Crippen molar-refractivity contribution in [3.05, 3.63) is 43.0 Å². The summed E-state index contributed by atoms with van der Waals surface area (Å²) in [6.45, 7) is 12.6. The van der Waals surface area contributed by atoms with E-state index < -0.39 is 23.0 Å². The molecule has 3 aliphatic carbocycles. The lowest BCUT2D eigenvalue weighted by atomic mass is 9.44. The highest BCUT2D eigenvalue weighted by molar-refractivity contribution is 8.00. The summed E-state index contributed by atoms with van der Waals surface area (Å²) in [5, 5.41) is 11.6. The van der Waals surface area contributed by atoms with Gasteiger partial charge >= 0.3 is 5.97 Å². The molecule has 180 valence electrons. The molecule has 4 nitrogen and oxygen atoms in total. The Balaban J connectivity index is 1.70. The Morgan fingerprint density at radius 3 is 2.61 bits per heavy atom. The molecule has 1 N–H and O–H groups in total. The van der Waals surface area contributed by atoms with Crippen molar-refractivity contribution in [1.29, 1.82) is 0 Å². The number of hydrogen-bond donors (Lipinski definition) is 1. The first-order chi connectivity index (χ1) is 15.6. The number of esters is 1. The summed E-state index contributed by atoms with van der Waals surface area (Å²) in [5.74, 6) is 0.275. The van der Waals surface area contributed by atoms with Crippen LogP contribution in [0.5, 0.6) is 0 Å². The molecule has 0 aliphatic heterocycles. The number of hydrogen-bond acceptors (Lipinski definition) is 5. The average Bonchev–Trinajstić information content (AvgIpc) is 3.17. The lowest BCUT2D eigenvalue weighted by Gasteiger charge is -2.61. The molecule has 3 saturated carbocycles. The second kappa shape index (κ2) is 8.88. The zero-order valence-electron chi connectivity index (χ0n) is 20.4. The van der Waals surface area contributed by atoms with Gasteiger partial charge in [-0.3, -0.25) is 9.59 Å².